The van der Waals surface area contributed by atoms with E-state index in [0.29, 0.717) is 13.1 Å². The van der Waals surface area contributed by atoms with Crippen LogP contribution in [-0.4, -0.2) is 42.5 Å². The van der Waals surface area contributed by atoms with Crippen LogP contribution in [0.25, 0.3) is 0 Å². The number of ether oxygens (including phenoxy) is 1. The van der Waals surface area contributed by atoms with Gasteiger partial charge in [0.2, 0.25) is 0 Å². The minimum absolute atomic E-state index is 0.0927. The van der Waals surface area contributed by atoms with Crippen LogP contribution in [0.1, 0.15) is 31.7 Å². The van der Waals surface area contributed by atoms with Gasteiger partial charge in [-0.15, -0.1) is 0 Å². The molecule has 1 N–H and O–H groups in total. The van der Waals surface area contributed by atoms with Gasteiger partial charge < -0.3 is 10.1 Å². The maximum absolute atomic E-state index is 12.5. The van der Waals surface area contributed by atoms with Crippen molar-refractivity contribution < 1.29 is 19.1 Å². The zero-order valence-corrected chi connectivity index (χ0v) is 13.5. The number of urea groups is 1. The predicted molar refractivity (Wildman–Crippen MR) is 84.7 cm³/mol. The highest BCUT2D eigenvalue weighted by Gasteiger charge is 2.30. The van der Waals surface area contributed by atoms with Gasteiger partial charge in [0.25, 0.3) is 5.91 Å². The third kappa shape index (κ3) is 4.09. The normalized spacial score (nSPS) is 16.6. The third-order valence-corrected chi connectivity index (χ3v) is 4.12. The summed E-state index contributed by atoms with van der Waals surface area (Å²) in [6.07, 6.45) is 0.817. The summed E-state index contributed by atoms with van der Waals surface area (Å²) in [4.78, 5) is 36.9. The van der Waals surface area contributed by atoms with E-state index in [2.05, 4.69) is 5.32 Å². The summed E-state index contributed by atoms with van der Waals surface area (Å²) in [6.45, 7) is 4.31. The van der Waals surface area contributed by atoms with Crippen LogP contribution in [0.5, 0.6) is 0 Å². The topological polar surface area (TPSA) is 75.7 Å². The summed E-state index contributed by atoms with van der Waals surface area (Å²) in [6, 6.07) is 8.96. The van der Waals surface area contributed by atoms with Gasteiger partial charge >= 0.3 is 12.0 Å². The molecule has 1 saturated heterocycles. The van der Waals surface area contributed by atoms with Crippen molar-refractivity contribution in [3.05, 3.63) is 35.9 Å². The summed E-state index contributed by atoms with van der Waals surface area (Å²) in [5.41, 5.74) is 0.873. The first-order chi connectivity index (χ1) is 11.0. The maximum atomic E-state index is 12.5. The van der Waals surface area contributed by atoms with E-state index >= 15 is 0 Å². The van der Waals surface area contributed by atoms with Gasteiger partial charge in [-0.3, -0.25) is 14.5 Å². The number of nitrogens with zero attached hydrogens (tertiary/aromatic N) is 1. The highest BCUT2D eigenvalue weighted by molar-refractivity contribution is 5.97. The van der Waals surface area contributed by atoms with E-state index in [1.807, 2.05) is 44.2 Å². The molecule has 0 saturated carbocycles. The molecule has 1 aliphatic rings. The molecular weight excluding hydrogens is 296 g/mol. The van der Waals surface area contributed by atoms with Gasteiger partial charge in [-0.25, -0.2) is 4.79 Å². The number of carbonyl (C=O) groups excluding carboxylic acids is 3. The Labute approximate surface area is 135 Å². The van der Waals surface area contributed by atoms with Gasteiger partial charge in [0.1, 0.15) is 0 Å². The molecule has 3 amide bonds. The zero-order valence-electron chi connectivity index (χ0n) is 13.5. The van der Waals surface area contributed by atoms with Crippen LogP contribution in [0.3, 0.4) is 0 Å². The lowest BCUT2D eigenvalue weighted by Crippen LogP contribution is -2.37. The Kier molecular flexibility index (Phi) is 5.73. The highest BCUT2D eigenvalue weighted by atomic mass is 16.5. The second-order valence-electron chi connectivity index (χ2n) is 5.66. The number of carbonyl (C=O) groups is 3. The molecule has 1 heterocycles. The zero-order chi connectivity index (χ0) is 16.8. The largest absolute Gasteiger partial charge is 0.455 e. The number of esters is 1. The van der Waals surface area contributed by atoms with E-state index in [1.54, 1.807) is 0 Å². The van der Waals surface area contributed by atoms with Crippen molar-refractivity contribution in [1.82, 2.24) is 10.2 Å². The molecule has 1 aromatic carbocycles. The molecule has 1 aromatic rings. The second kappa shape index (κ2) is 7.76. The molecule has 2 rings (SSSR count). The molecule has 0 aromatic heterocycles. The smallest absolute Gasteiger partial charge is 0.324 e. The number of nitrogens with one attached hydrogen (secondary N) is 1. The quantitative estimate of drug-likeness (QED) is 0.813. The Morgan fingerprint density at radius 2 is 2.00 bits per heavy atom. The predicted octanol–water partition coefficient (Wildman–Crippen LogP) is 1.91. The summed E-state index contributed by atoms with van der Waals surface area (Å²) in [7, 11) is 0. The first-order valence-electron chi connectivity index (χ1n) is 7.84. The lowest BCUT2D eigenvalue weighted by atomic mass is 9.86. The second-order valence-corrected chi connectivity index (χ2v) is 5.66. The van der Waals surface area contributed by atoms with E-state index in [0.717, 1.165) is 16.9 Å². The number of imide groups is 1. The first kappa shape index (κ1) is 17.0. The average molecular weight is 318 g/mol. The van der Waals surface area contributed by atoms with Crippen LogP contribution < -0.4 is 5.32 Å². The number of hydrogen-bond donors (Lipinski definition) is 1. The van der Waals surface area contributed by atoms with Gasteiger partial charge in [-0.2, -0.15) is 0 Å². The van der Waals surface area contributed by atoms with Crippen molar-refractivity contribution in [3.63, 3.8) is 0 Å². The Bertz CT molecular complexity index is 573. The number of hydrogen-bond acceptors (Lipinski definition) is 4. The standard InChI is InChI=1S/C17H22N2O4/c1-3-12(2)15(13-7-5-4-6-8-13)16(21)23-11-14(20)19-10-9-18-17(19)22/h4-8,12,15H,3,9-11H2,1-2H3,(H,18,22)/t12-,15+/m0/s1. The van der Waals surface area contributed by atoms with Crippen molar-refractivity contribution in [3.8, 4) is 0 Å². The molecule has 0 aliphatic carbocycles. The lowest BCUT2D eigenvalue weighted by molar-refractivity contribution is -0.153. The summed E-state index contributed by atoms with van der Waals surface area (Å²) >= 11 is 0. The molecule has 1 fully saturated rings. The Morgan fingerprint density at radius 3 is 2.57 bits per heavy atom. The molecule has 0 radical (unpaired) electrons. The van der Waals surface area contributed by atoms with Gasteiger partial charge in [0.15, 0.2) is 6.61 Å². The Hall–Kier alpha value is -2.37. The van der Waals surface area contributed by atoms with Crippen LogP contribution >= 0.6 is 0 Å². The van der Waals surface area contributed by atoms with Crippen molar-refractivity contribution in [2.45, 2.75) is 26.2 Å². The minimum Gasteiger partial charge on any atom is -0.455 e. The SMILES string of the molecule is CC[C@H](C)[C@@H](C(=O)OCC(=O)N1CCNC1=O)c1ccccc1. The molecule has 6 nitrogen and oxygen atoms in total. The Morgan fingerprint density at radius 1 is 1.30 bits per heavy atom. The molecular formula is C17H22N2O4. The van der Waals surface area contributed by atoms with E-state index in [-0.39, 0.29) is 5.92 Å². The number of rotatable bonds is 6. The summed E-state index contributed by atoms with van der Waals surface area (Å²) < 4.78 is 5.19. The van der Waals surface area contributed by atoms with Crippen molar-refractivity contribution in [1.29, 1.82) is 0 Å². The lowest BCUT2D eigenvalue weighted by Gasteiger charge is -2.22. The highest BCUT2D eigenvalue weighted by Crippen LogP contribution is 2.28. The van der Waals surface area contributed by atoms with Gasteiger partial charge in [-0.1, -0.05) is 50.6 Å². The molecule has 6 heteroatoms. The fourth-order valence-electron chi connectivity index (χ4n) is 2.60. The van der Waals surface area contributed by atoms with Crippen LogP contribution in [0.2, 0.25) is 0 Å². The van der Waals surface area contributed by atoms with Gasteiger partial charge in [-0.05, 0) is 11.5 Å². The average Bonchev–Trinajstić information content (AvgIpc) is 2.99. The van der Waals surface area contributed by atoms with Crippen molar-refractivity contribution in [2.24, 2.45) is 5.92 Å². The van der Waals surface area contributed by atoms with E-state index in [1.165, 1.54) is 0 Å². The van der Waals surface area contributed by atoms with Crippen LogP contribution in [0.15, 0.2) is 30.3 Å². The molecule has 1 aliphatic heterocycles. The molecule has 124 valence electrons. The molecule has 2 atom stereocenters. The summed E-state index contributed by atoms with van der Waals surface area (Å²) in [5.74, 6) is -1.25. The van der Waals surface area contributed by atoms with E-state index in [9.17, 15) is 14.4 Å². The van der Waals surface area contributed by atoms with Crippen LogP contribution in [-0.2, 0) is 14.3 Å². The Balaban J connectivity index is 2.01. The van der Waals surface area contributed by atoms with Gasteiger partial charge in [0, 0.05) is 13.1 Å². The fourth-order valence-corrected chi connectivity index (χ4v) is 2.60. The van der Waals surface area contributed by atoms with Crippen molar-refractivity contribution >= 4 is 17.9 Å². The molecule has 0 unspecified atom stereocenters. The first-order valence-corrected chi connectivity index (χ1v) is 7.84. The van der Waals surface area contributed by atoms with Gasteiger partial charge in [0.05, 0.1) is 5.92 Å². The monoisotopic (exact) mass is 318 g/mol. The van der Waals surface area contributed by atoms with E-state index in [4.69, 9.17) is 4.74 Å². The van der Waals surface area contributed by atoms with Crippen molar-refractivity contribution in [2.75, 3.05) is 19.7 Å². The van der Waals surface area contributed by atoms with Crippen LogP contribution in [0, 0.1) is 5.92 Å². The summed E-state index contributed by atoms with van der Waals surface area (Å²) in [5, 5.41) is 2.54. The molecule has 23 heavy (non-hydrogen) atoms. The minimum atomic E-state index is -0.496. The number of benzene rings is 1. The number of amides is 3. The molecule has 0 bridgehead atoms. The van der Waals surface area contributed by atoms with Crippen LogP contribution in [0.4, 0.5) is 4.79 Å². The fraction of sp³-hybridized carbons (Fsp3) is 0.471. The maximum Gasteiger partial charge on any atom is 0.324 e. The third-order valence-electron chi connectivity index (χ3n) is 4.12. The molecule has 0 spiro atoms. The van der Waals surface area contributed by atoms with E-state index < -0.39 is 30.4 Å².